The summed E-state index contributed by atoms with van der Waals surface area (Å²) >= 11 is 5.88. The molecule has 1 fully saturated rings. The number of amides is 1. The number of rotatable bonds is 5. The fraction of sp³-hybridized carbons (Fsp3) is 0.208. The number of nitrogens with one attached hydrogen (secondary N) is 1. The quantitative estimate of drug-likeness (QED) is 0.499. The van der Waals surface area contributed by atoms with Gasteiger partial charge in [0.25, 0.3) is 0 Å². The molecule has 1 saturated heterocycles. The van der Waals surface area contributed by atoms with Crippen LogP contribution in [0.5, 0.6) is 0 Å². The Kier molecular flexibility index (Phi) is 5.75. The molecule has 1 aliphatic rings. The summed E-state index contributed by atoms with van der Waals surface area (Å²) in [5.41, 5.74) is 3.79. The molecule has 3 heterocycles. The van der Waals surface area contributed by atoms with Gasteiger partial charge in [-0.15, -0.1) is 10.2 Å². The lowest BCUT2D eigenvalue weighted by Crippen LogP contribution is -2.36. The molecule has 0 spiro atoms. The third-order valence-electron chi connectivity index (χ3n) is 5.54. The lowest BCUT2D eigenvalue weighted by atomic mass is 10.1. The van der Waals surface area contributed by atoms with Crippen molar-refractivity contribution >= 4 is 39.8 Å². The van der Waals surface area contributed by atoms with Gasteiger partial charge in [0.1, 0.15) is 0 Å². The van der Waals surface area contributed by atoms with Crippen molar-refractivity contribution in [3.63, 3.8) is 0 Å². The Balaban J connectivity index is 1.33. The van der Waals surface area contributed by atoms with E-state index in [0.717, 1.165) is 54.1 Å². The van der Waals surface area contributed by atoms with Gasteiger partial charge in [-0.25, -0.2) is 0 Å². The lowest BCUT2D eigenvalue weighted by molar-refractivity contribution is -0.115. The maximum Gasteiger partial charge on any atom is 0.228 e. The molecule has 8 heteroatoms. The highest BCUT2D eigenvalue weighted by molar-refractivity contribution is 6.29. The standard InChI is InChI=1S/C24H22ClN5O2/c25-22-9-10-23(28-27-22)30-16-17(20-3-1-2-4-21(20)30)15-24(31)26-18-5-7-19(8-6-18)29-11-13-32-14-12-29/h1-10,16H,11-15H2,(H,26,31). The number of ether oxygens (including phenoxy) is 1. The van der Waals surface area contributed by atoms with Gasteiger partial charge >= 0.3 is 0 Å². The molecule has 0 atom stereocenters. The maximum atomic E-state index is 12.8. The highest BCUT2D eigenvalue weighted by Gasteiger charge is 2.15. The summed E-state index contributed by atoms with van der Waals surface area (Å²) in [6.07, 6.45) is 2.18. The number of anilines is 2. The van der Waals surface area contributed by atoms with E-state index in [9.17, 15) is 4.79 Å². The second-order valence-electron chi connectivity index (χ2n) is 7.63. The number of carbonyl (C=O) groups excluding carboxylic acids is 1. The number of hydrogen-bond acceptors (Lipinski definition) is 5. The molecular formula is C24H22ClN5O2. The van der Waals surface area contributed by atoms with Crippen LogP contribution in [0, 0.1) is 0 Å². The molecule has 2 aromatic carbocycles. The molecule has 0 saturated carbocycles. The predicted molar refractivity (Wildman–Crippen MR) is 126 cm³/mol. The Morgan fingerprint density at radius 1 is 1.00 bits per heavy atom. The summed E-state index contributed by atoms with van der Waals surface area (Å²) < 4.78 is 7.34. The summed E-state index contributed by atoms with van der Waals surface area (Å²) in [7, 11) is 0. The number of benzene rings is 2. The molecule has 2 aromatic heterocycles. The zero-order chi connectivity index (χ0) is 21.9. The SMILES string of the molecule is O=C(Cc1cn(-c2ccc(Cl)nn2)c2ccccc12)Nc1ccc(N2CCOCC2)cc1. The summed E-state index contributed by atoms with van der Waals surface area (Å²) in [5, 5.41) is 12.5. The minimum absolute atomic E-state index is 0.0748. The van der Waals surface area contributed by atoms with Crippen LogP contribution < -0.4 is 10.2 Å². The van der Waals surface area contributed by atoms with E-state index in [-0.39, 0.29) is 12.3 Å². The van der Waals surface area contributed by atoms with Crippen molar-refractivity contribution in [2.24, 2.45) is 0 Å². The van der Waals surface area contributed by atoms with Crippen LogP contribution in [0.3, 0.4) is 0 Å². The van der Waals surface area contributed by atoms with Gasteiger partial charge < -0.3 is 15.0 Å². The van der Waals surface area contributed by atoms with Gasteiger partial charge in [0.05, 0.1) is 25.2 Å². The average Bonchev–Trinajstić information content (AvgIpc) is 3.19. The molecule has 7 nitrogen and oxygen atoms in total. The average molecular weight is 448 g/mol. The number of hydrogen-bond donors (Lipinski definition) is 1. The first kappa shape index (κ1) is 20.5. The number of para-hydroxylation sites is 1. The summed E-state index contributed by atoms with van der Waals surface area (Å²) in [6.45, 7) is 3.25. The molecule has 162 valence electrons. The van der Waals surface area contributed by atoms with Crippen LogP contribution in [0.25, 0.3) is 16.7 Å². The van der Waals surface area contributed by atoms with E-state index >= 15 is 0 Å². The van der Waals surface area contributed by atoms with Crippen molar-refractivity contribution in [2.45, 2.75) is 6.42 Å². The monoisotopic (exact) mass is 447 g/mol. The van der Waals surface area contributed by atoms with Gasteiger partial charge in [-0.2, -0.15) is 0 Å². The van der Waals surface area contributed by atoms with Crippen LogP contribution >= 0.6 is 11.6 Å². The molecule has 1 aliphatic heterocycles. The Bertz CT molecular complexity index is 1230. The zero-order valence-electron chi connectivity index (χ0n) is 17.4. The van der Waals surface area contributed by atoms with Crippen molar-refractivity contribution in [1.29, 1.82) is 0 Å². The Hall–Kier alpha value is -3.42. The molecule has 0 bridgehead atoms. The van der Waals surface area contributed by atoms with Gasteiger partial charge in [-0.3, -0.25) is 9.36 Å². The van der Waals surface area contributed by atoms with Crippen LogP contribution in [0.4, 0.5) is 11.4 Å². The number of fused-ring (bicyclic) bond motifs is 1. The number of nitrogens with zero attached hydrogens (tertiary/aromatic N) is 4. The van der Waals surface area contributed by atoms with Crippen LogP contribution in [0.1, 0.15) is 5.56 Å². The predicted octanol–water partition coefficient (Wildman–Crippen LogP) is 4.09. The van der Waals surface area contributed by atoms with Gasteiger partial charge in [0.2, 0.25) is 5.91 Å². The third-order valence-corrected chi connectivity index (χ3v) is 5.74. The largest absolute Gasteiger partial charge is 0.378 e. The van der Waals surface area contributed by atoms with Crippen molar-refractivity contribution in [3.05, 3.63) is 77.6 Å². The van der Waals surface area contributed by atoms with Crippen LogP contribution in [0.2, 0.25) is 5.15 Å². The fourth-order valence-corrected chi connectivity index (χ4v) is 4.07. The van der Waals surface area contributed by atoms with E-state index in [0.29, 0.717) is 11.0 Å². The summed E-state index contributed by atoms with van der Waals surface area (Å²) in [6, 6.07) is 19.4. The molecule has 0 unspecified atom stereocenters. The van der Waals surface area contributed by atoms with Gasteiger partial charge in [0, 0.05) is 36.0 Å². The van der Waals surface area contributed by atoms with E-state index in [4.69, 9.17) is 16.3 Å². The van der Waals surface area contributed by atoms with E-state index in [2.05, 4.69) is 20.4 Å². The minimum atomic E-state index is -0.0748. The van der Waals surface area contributed by atoms with E-state index in [1.165, 1.54) is 0 Å². The molecule has 1 amide bonds. The van der Waals surface area contributed by atoms with E-state index < -0.39 is 0 Å². The molecule has 0 aliphatic carbocycles. The molecular weight excluding hydrogens is 426 g/mol. The Morgan fingerprint density at radius 3 is 2.53 bits per heavy atom. The molecule has 5 rings (SSSR count). The summed E-state index contributed by atoms with van der Waals surface area (Å²) in [5.74, 6) is 0.574. The zero-order valence-corrected chi connectivity index (χ0v) is 18.1. The van der Waals surface area contributed by atoms with Crippen molar-refractivity contribution in [1.82, 2.24) is 14.8 Å². The second-order valence-corrected chi connectivity index (χ2v) is 8.01. The van der Waals surface area contributed by atoms with E-state index in [1.807, 2.05) is 65.4 Å². The molecule has 32 heavy (non-hydrogen) atoms. The van der Waals surface area contributed by atoms with E-state index in [1.54, 1.807) is 6.07 Å². The minimum Gasteiger partial charge on any atom is -0.378 e. The van der Waals surface area contributed by atoms with Crippen LogP contribution in [-0.4, -0.2) is 47.0 Å². The third kappa shape index (κ3) is 4.30. The number of aromatic nitrogens is 3. The van der Waals surface area contributed by atoms with Crippen molar-refractivity contribution < 1.29 is 9.53 Å². The number of morpholine rings is 1. The molecule has 4 aromatic rings. The normalized spacial score (nSPS) is 14.0. The second kappa shape index (κ2) is 8.98. The first-order chi connectivity index (χ1) is 15.7. The number of carbonyl (C=O) groups is 1. The van der Waals surface area contributed by atoms with Gasteiger partial charge in [-0.05, 0) is 48.0 Å². The van der Waals surface area contributed by atoms with Crippen molar-refractivity contribution in [3.8, 4) is 5.82 Å². The van der Waals surface area contributed by atoms with Gasteiger partial charge in [-0.1, -0.05) is 29.8 Å². The Morgan fingerprint density at radius 2 is 1.78 bits per heavy atom. The van der Waals surface area contributed by atoms with Crippen molar-refractivity contribution in [2.75, 3.05) is 36.5 Å². The van der Waals surface area contributed by atoms with Crippen LogP contribution in [0.15, 0.2) is 66.9 Å². The fourth-order valence-electron chi connectivity index (χ4n) is 3.97. The molecule has 0 radical (unpaired) electrons. The number of halogens is 1. The topological polar surface area (TPSA) is 72.3 Å². The Labute approximate surface area is 190 Å². The first-order valence-corrected chi connectivity index (χ1v) is 10.9. The lowest BCUT2D eigenvalue weighted by Gasteiger charge is -2.28. The smallest absolute Gasteiger partial charge is 0.228 e. The highest BCUT2D eigenvalue weighted by atomic mass is 35.5. The van der Waals surface area contributed by atoms with Gasteiger partial charge in [0.15, 0.2) is 11.0 Å². The first-order valence-electron chi connectivity index (χ1n) is 10.5. The molecule has 1 N–H and O–H groups in total. The highest BCUT2D eigenvalue weighted by Crippen LogP contribution is 2.25. The summed E-state index contributed by atoms with van der Waals surface area (Å²) in [4.78, 5) is 15.1. The maximum absolute atomic E-state index is 12.8. The van der Waals surface area contributed by atoms with Crippen LogP contribution in [-0.2, 0) is 16.0 Å².